The first-order valence-corrected chi connectivity index (χ1v) is 10.3. The highest BCUT2D eigenvalue weighted by molar-refractivity contribution is 7.20. The Morgan fingerprint density at radius 3 is 2.75 bits per heavy atom. The Morgan fingerprint density at radius 1 is 1.29 bits per heavy atom. The van der Waals surface area contributed by atoms with Crippen molar-refractivity contribution in [3.8, 4) is 10.9 Å². The lowest BCUT2D eigenvalue weighted by Gasteiger charge is -2.31. The maximum Gasteiger partial charge on any atom is 0.274 e. The molecule has 0 unspecified atom stereocenters. The number of thiazole rings is 1. The summed E-state index contributed by atoms with van der Waals surface area (Å²) in [6.07, 6.45) is 1.65. The maximum atomic E-state index is 12.7. The number of amides is 1. The Bertz CT molecular complexity index is 989. The SMILES string of the molecule is CCn1nc(C(=O)N2CCC(Oc3nc4cc(OC)ccc4s3)CC2)cc1C. The summed E-state index contributed by atoms with van der Waals surface area (Å²) in [7, 11) is 1.65. The fourth-order valence-corrected chi connectivity index (χ4v) is 4.34. The predicted octanol–water partition coefficient (Wildman–Crippen LogP) is 3.51. The smallest absolute Gasteiger partial charge is 0.274 e. The molecule has 0 atom stereocenters. The first-order valence-electron chi connectivity index (χ1n) is 9.52. The van der Waals surface area contributed by atoms with Crippen LogP contribution in [0.25, 0.3) is 10.2 Å². The van der Waals surface area contributed by atoms with Crippen molar-refractivity contribution in [3.63, 3.8) is 0 Å². The van der Waals surface area contributed by atoms with Gasteiger partial charge in [-0.25, -0.2) is 4.98 Å². The summed E-state index contributed by atoms with van der Waals surface area (Å²) < 4.78 is 14.3. The molecule has 0 aliphatic carbocycles. The standard InChI is InChI=1S/C20H24N4O3S/c1-4-24-13(2)11-17(22-24)19(25)23-9-7-14(8-10-23)27-20-21-16-12-15(26-3)5-6-18(16)28-20/h5-6,11-12,14H,4,7-10H2,1-3H3. The van der Waals surface area contributed by atoms with Gasteiger partial charge in [-0.05, 0) is 32.0 Å². The maximum absolute atomic E-state index is 12.7. The third-order valence-corrected chi connectivity index (χ3v) is 6.00. The number of methoxy groups -OCH3 is 1. The summed E-state index contributed by atoms with van der Waals surface area (Å²) in [5.74, 6) is 0.790. The molecule has 2 aromatic heterocycles. The first-order chi connectivity index (χ1) is 13.6. The van der Waals surface area contributed by atoms with Gasteiger partial charge in [-0.15, -0.1) is 0 Å². The van der Waals surface area contributed by atoms with Crippen LogP contribution < -0.4 is 9.47 Å². The number of hydrogen-bond acceptors (Lipinski definition) is 6. The van der Waals surface area contributed by atoms with Gasteiger partial charge >= 0.3 is 0 Å². The Kier molecular flexibility index (Phi) is 5.21. The van der Waals surface area contributed by atoms with E-state index in [9.17, 15) is 4.79 Å². The Balaban J connectivity index is 1.36. The van der Waals surface area contributed by atoms with Crippen LogP contribution in [0.2, 0.25) is 0 Å². The van der Waals surface area contributed by atoms with Gasteiger partial charge in [0.1, 0.15) is 11.9 Å². The zero-order valence-electron chi connectivity index (χ0n) is 16.3. The number of rotatable bonds is 5. The molecule has 1 amide bonds. The molecule has 1 fully saturated rings. The van der Waals surface area contributed by atoms with Crippen LogP contribution in [0, 0.1) is 6.92 Å². The molecule has 3 aromatic rings. The van der Waals surface area contributed by atoms with E-state index in [2.05, 4.69) is 10.1 Å². The quantitative estimate of drug-likeness (QED) is 0.655. The fraction of sp³-hybridized carbons (Fsp3) is 0.450. The number of carbonyl (C=O) groups is 1. The Morgan fingerprint density at radius 2 is 2.07 bits per heavy atom. The van der Waals surface area contributed by atoms with Gasteiger partial charge < -0.3 is 14.4 Å². The molecule has 8 heteroatoms. The van der Waals surface area contributed by atoms with Crippen LogP contribution in [-0.4, -0.2) is 51.9 Å². The molecule has 3 heterocycles. The minimum absolute atomic E-state index is 0.000770. The van der Waals surface area contributed by atoms with Crippen molar-refractivity contribution in [2.24, 2.45) is 0 Å². The number of likely N-dealkylation sites (tertiary alicyclic amines) is 1. The number of aryl methyl sites for hydroxylation is 2. The van der Waals surface area contributed by atoms with Crippen molar-refractivity contribution in [2.45, 2.75) is 39.3 Å². The minimum atomic E-state index is 0.000770. The van der Waals surface area contributed by atoms with Crippen molar-refractivity contribution >= 4 is 27.5 Å². The highest BCUT2D eigenvalue weighted by atomic mass is 32.1. The molecule has 0 saturated carbocycles. The van der Waals surface area contributed by atoms with Crippen LogP contribution in [-0.2, 0) is 6.54 Å². The molecule has 0 radical (unpaired) electrons. The number of hydrogen-bond donors (Lipinski definition) is 0. The monoisotopic (exact) mass is 400 g/mol. The molecule has 0 bridgehead atoms. The Labute approximate surface area is 167 Å². The normalized spacial score (nSPS) is 15.2. The van der Waals surface area contributed by atoms with Crippen molar-refractivity contribution in [2.75, 3.05) is 20.2 Å². The number of nitrogens with zero attached hydrogens (tertiary/aromatic N) is 4. The van der Waals surface area contributed by atoms with E-state index in [4.69, 9.17) is 9.47 Å². The number of ether oxygens (including phenoxy) is 2. The molecule has 4 rings (SSSR count). The van der Waals surface area contributed by atoms with Crippen LogP contribution in [0.15, 0.2) is 24.3 Å². The van der Waals surface area contributed by atoms with Crippen LogP contribution in [0.1, 0.15) is 35.9 Å². The average Bonchev–Trinajstić information content (AvgIpc) is 3.29. The third kappa shape index (κ3) is 3.69. The number of carbonyl (C=O) groups excluding carboxylic acids is 1. The summed E-state index contributed by atoms with van der Waals surface area (Å²) in [6.45, 7) is 6.10. The summed E-state index contributed by atoms with van der Waals surface area (Å²) in [5.41, 5.74) is 2.42. The molecule has 1 aliphatic rings. The molecular weight excluding hydrogens is 376 g/mol. The van der Waals surface area contributed by atoms with Gasteiger partial charge in [0.25, 0.3) is 11.1 Å². The lowest BCUT2D eigenvalue weighted by atomic mass is 10.1. The first kappa shape index (κ1) is 18.7. The van der Waals surface area contributed by atoms with Gasteiger partial charge in [0.2, 0.25) is 0 Å². The molecule has 28 heavy (non-hydrogen) atoms. The average molecular weight is 401 g/mol. The van der Waals surface area contributed by atoms with Gasteiger partial charge in [-0.2, -0.15) is 5.10 Å². The second kappa shape index (κ2) is 7.79. The van der Waals surface area contributed by atoms with Gasteiger partial charge in [0, 0.05) is 44.2 Å². The van der Waals surface area contributed by atoms with Gasteiger partial charge in [0.05, 0.1) is 17.3 Å². The van der Waals surface area contributed by atoms with Crippen LogP contribution in [0.3, 0.4) is 0 Å². The lowest BCUT2D eigenvalue weighted by molar-refractivity contribution is 0.0589. The molecule has 148 valence electrons. The van der Waals surface area contributed by atoms with E-state index >= 15 is 0 Å². The van der Waals surface area contributed by atoms with Crippen LogP contribution in [0.5, 0.6) is 10.9 Å². The zero-order chi connectivity index (χ0) is 19.7. The summed E-state index contributed by atoms with van der Waals surface area (Å²) in [6, 6.07) is 7.70. The van der Waals surface area contributed by atoms with E-state index < -0.39 is 0 Å². The largest absolute Gasteiger partial charge is 0.497 e. The van der Waals surface area contributed by atoms with E-state index in [0.29, 0.717) is 24.0 Å². The van der Waals surface area contributed by atoms with E-state index in [1.165, 1.54) is 11.3 Å². The number of fused-ring (bicyclic) bond motifs is 1. The molecular formula is C20H24N4O3S. The van der Waals surface area contributed by atoms with Crippen molar-refractivity contribution < 1.29 is 14.3 Å². The molecule has 0 N–H and O–H groups in total. The minimum Gasteiger partial charge on any atom is -0.497 e. The number of piperidine rings is 1. The summed E-state index contributed by atoms with van der Waals surface area (Å²) in [4.78, 5) is 19.1. The van der Waals surface area contributed by atoms with Crippen molar-refractivity contribution in [3.05, 3.63) is 35.7 Å². The van der Waals surface area contributed by atoms with Crippen LogP contribution in [0.4, 0.5) is 0 Å². The van der Waals surface area contributed by atoms with Crippen LogP contribution >= 0.6 is 11.3 Å². The second-order valence-electron chi connectivity index (χ2n) is 6.91. The number of benzene rings is 1. The van der Waals surface area contributed by atoms with E-state index in [-0.39, 0.29) is 12.0 Å². The van der Waals surface area contributed by atoms with E-state index in [0.717, 1.165) is 41.0 Å². The van der Waals surface area contributed by atoms with Gasteiger partial charge in [-0.1, -0.05) is 11.3 Å². The number of aromatic nitrogens is 3. The molecule has 1 saturated heterocycles. The fourth-order valence-electron chi connectivity index (χ4n) is 3.48. The summed E-state index contributed by atoms with van der Waals surface area (Å²) in [5, 5.41) is 5.08. The lowest BCUT2D eigenvalue weighted by Crippen LogP contribution is -2.42. The predicted molar refractivity (Wildman–Crippen MR) is 108 cm³/mol. The highest BCUT2D eigenvalue weighted by Crippen LogP contribution is 2.32. The van der Waals surface area contributed by atoms with E-state index in [1.54, 1.807) is 7.11 Å². The summed E-state index contributed by atoms with van der Waals surface area (Å²) >= 11 is 1.54. The van der Waals surface area contributed by atoms with Crippen molar-refractivity contribution in [1.29, 1.82) is 0 Å². The van der Waals surface area contributed by atoms with E-state index in [1.807, 2.05) is 47.7 Å². The zero-order valence-corrected chi connectivity index (χ0v) is 17.2. The third-order valence-electron chi connectivity index (χ3n) is 5.07. The Hall–Kier alpha value is -2.61. The van der Waals surface area contributed by atoms with Crippen molar-refractivity contribution in [1.82, 2.24) is 19.7 Å². The molecule has 1 aromatic carbocycles. The molecule has 1 aliphatic heterocycles. The highest BCUT2D eigenvalue weighted by Gasteiger charge is 2.27. The molecule has 7 nitrogen and oxygen atoms in total. The molecule has 0 spiro atoms. The van der Waals surface area contributed by atoms with Gasteiger partial charge in [-0.3, -0.25) is 9.48 Å². The topological polar surface area (TPSA) is 69.5 Å². The second-order valence-corrected chi connectivity index (χ2v) is 7.90. The van der Waals surface area contributed by atoms with Gasteiger partial charge in [0.15, 0.2) is 5.69 Å².